The molecule has 1 fully saturated rings. The first kappa shape index (κ1) is 22.1. The van der Waals surface area contributed by atoms with Crippen molar-refractivity contribution >= 4 is 28.9 Å². The fraction of sp³-hybridized carbons (Fsp3) is 0.250. The van der Waals surface area contributed by atoms with Crippen LogP contribution in [0, 0.1) is 16.0 Å². The summed E-state index contributed by atoms with van der Waals surface area (Å²) in [7, 11) is 0. The van der Waals surface area contributed by atoms with Crippen LogP contribution in [0.1, 0.15) is 29.0 Å². The number of rotatable bonds is 7. The van der Waals surface area contributed by atoms with Gasteiger partial charge in [-0.3, -0.25) is 19.7 Å². The lowest BCUT2D eigenvalue weighted by Crippen LogP contribution is -2.38. The van der Waals surface area contributed by atoms with Crippen LogP contribution < -0.4 is 15.5 Å². The Morgan fingerprint density at radius 3 is 2.48 bits per heavy atom. The predicted molar refractivity (Wildman–Crippen MR) is 123 cm³/mol. The summed E-state index contributed by atoms with van der Waals surface area (Å²) >= 11 is 0. The van der Waals surface area contributed by atoms with Gasteiger partial charge in [-0.05, 0) is 43.2 Å². The van der Waals surface area contributed by atoms with Gasteiger partial charge < -0.3 is 20.0 Å². The summed E-state index contributed by atoms with van der Waals surface area (Å²) in [5.41, 5.74) is 1.45. The Morgan fingerprint density at radius 2 is 1.76 bits per heavy atom. The topological polar surface area (TPSA) is 118 Å². The highest BCUT2D eigenvalue weighted by Gasteiger charge is 2.28. The Bertz CT molecular complexity index is 1140. The van der Waals surface area contributed by atoms with Crippen molar-refractivity contribution in [3.05, 3.63) is 88.4 Å². The number of hydrogen-bond donors (Lipinski definition) is 2. The van der Waals surface area contributed by atoms with Gasteiger partial charge in [0.25, 0.3) is 11.6 Å². The van der Waals surface area contributed by atoms with Crippen molar-refractivity contribution in [1.29, 1.82) is 0 Å². The van der Waals surface area contributed by atoms with Crippen LogP contribution in [0.15, 0.2) is 71.3 Å². The van der Waals surface area contributed by atoms with Crippen molar-refractivity contribution in [3.8, 4) is 0 Å². The van der Waals surface area contributed by atoms with Gasteiger partial charge in [-0.1, -0.05) is 24.3 Å². The van der Waals surface area contributed by atoms with Crippen LogP contribution in [-0.2, 0) is 11.3 Å². The molecule has 1 aliphatic heterocycles. The number of furan rings is 1. The van der Waals surface area contributed by atoms with E-state index in [4.69, 9.17) is 4.42 Å². The SMILES string of the molecule is O=C(NCc1ccco1)c1ccccc1NC(=O)C1CCN(c2ccccc2[N+](=O)[O-])CC1. The van der Waals surface area contributed by atoms with Gasteiger partial charge in [-0.15, -0.1) is 0 Å². The zero-order chi connectivity index (χ0) is 23.2. The third-order valence-electron chi connectivity index (χ3n) is 5.72. The first-order valence-electron chi connectivity index (χ1n) is 10.7. The molecule has 1 aromatic heterocycles. The average Bonchev–Trinajstić information content (AvgIpc) is 3.37. The molecule has 1 aliphatic rings. The number of nitrogens with one attached hydrogen (secondary N) is 2. The average molecular weight is 448 g/mol. The van der Waals surface area contributed by atoms with Gasteiger partial charge in [0.1, 0.15) is 11.4 Å². The molecule has 0 bridgehead atoms. The van der Waals surface area contributed by atoms with Gasteiger partial charge in [-0.25, -0.2) is 0 Å². The summed E-state index contributed by atoms with van der Waals surface area (Å²) in [5, 5.41) is 17.0. The fourth-order valence-electron chi connectivity index (χ4n) is 3.97. The molecule has 2 aromatic carbocycles. The molecule has 4 rings (SSSR count). The molecule has 0 atom stereocenters. The van der Waals surface area contributed by atoms with Crippen LogP contribution in [0.3, 0.4) is 0 Å². The molecule has 170 valence electrons. The number of nitro groups is 1. The molecule has 3 aromatic rings. The van der Waals surface area contributed by atoms with Gasteiger partial charge in [0.15, 0.2) is 0 Å². The van der Waals surface area contributed by atoms with Crippen molar-refractivity contribution < 1.29 is 18.9 Å². The molecule has 0 saturated carbocycles. The summed E-state index contributed by atoms with van der Waals surface area (Å²) in [6.07, 6.45) is 2.66. The maximum Gasteiger partial charge on any atom is 0.292 e. The third kappa shape index (κ3) is 5.20. The van der Waals surface area contributed by atoms with Gasteiger partial charge in [0.05, 0.1) is 29.0 Å². The van der Waals surface area contributed by atoms with E-state index in [1.807, 2.05) is 4.90 Å². The Labute approximate surface area is 190 Å². The molecular weight excluding hydrogens is 424 g/mol. The molecule has 2 amide bonds. The normalized spacial score (nSPS) is 14.0. The van der Waals surface area contributed by atoms with Crippen LogP contribution in [0.2, 0.25) is 0 Å². The molecule has 2 N–H and O–H groups in total. The van der Waals surface area contributed by atoms with Gasteiger partial charge in [0.2, 0.25) is 5.91 Å². The first-order chi connectivity index (χ1) is 16.0. The maximum atomic E-state index is 12.9. The number of nitrogens with zero attached hydrogens (tertiary/aromatic N) is 2. The smallest absolute Gasteiger partial charge is 0.292 e. The zero-order valence-electron chi connectivity index (χ0n) is 17.9. The molecule has 0 aliphatic carbocycles. The van der Waals surface area contributed by atoms with Crippen molar-refractivity contribution in [1.82, 2.24) is 5.32 Å². The number of piperidine rings is 1. The Hall–Kier alpha value is -4.14. The zero-order valence-corrected chi connectivity index (χ0v) is 17.9. The second-order valence-electron chi connectivity index (χ2n) is 7.80. The third-order valence-corrected chi connectivity index (χ3v) is 5.72. The van der Waals surface area contributed by atoms with E-state index in [-0.39, 0.29) is 34.9 Å². The van der Waals surface area contributed by atoms with E-state index in [0.717, 1.165) is 0 Å². The second kappa shape index (κ2) is 9.99. The van der Waals surface area contributed by atoms with E-state index in [1.165, 1.54) is 12.3 Å². The summed E-state index contributed by atoms with van der Waals surface area (Å²) < 4.78 is 5.23. The summed E-state index contributed by atoms with van der Waals surface area (Å²) in [4.78, 5) is 38.4. The molecule has 1 saturated heterocycles. The molecule has 0 radical (unpaired) electrons. The molecule has 9 nitrogen and oxygen atoms in total. The molecule has 9 heteroatoms. The highest BCUT2D eigenvalue weighted by molar-refractivity contribution is 6.04. The van der Waals surface area contributed by atoms with Crippen molar-refractivity contribution in [2.24, 2.45) is 5.92 Å². The molecule has 0 unspecified atom stereocenters. The van der Waals surface area contributed by atoms with E-state index in [9.17, 15) is 19.7 Å². The number of benzene rings is 2. The highest BCUT2D eigenvalue weighted by Crippen LogP contribution is 2.31. The fourth-order valence-corrected chi connectivity index (χ4v) is 3.97. The monoisotopic (exact) mass is 448 g/mol. The molecule has 0 spiro atoms. The van der Waals surface area contributed by atoms with Crippen LogP contribution >= 0.6 is 0 Å². The maximum absolute atomic E-state index is 12.9. The van der Waals surface area contributed by atoms with Crippen LogP contribution in [0.25, 0.3) is 0 Å². The van der Waals surface area contributed by atoms with Gasteiger partial charge in [-0.2, -0.15) is 0 Å². The first-order valence-corrected chi connectivity index (χ1v) is 10.7. The van der Waals surface area contributed by atoms with Crippen molar-refractivity contribution in [2.75, 3.05) is 23.3 Å². The number of carbonyl (C=O) groups is 2. The van der Waals surface area contributed by atoms with Crippen LogP contribution in [0.5, 0.6) is 0 Å². The lowest BCUT2D eigenvalue weighted by molar-refractivity contribution is -0.384. The van der Waals surface area contributed by atoms with E-state index in [0.29, 0.717) is 48.6 Å². The molecule has 2 heterocycles. The largest absolute Gasteiger partial charge is 0.467 e. The van der Waals surface area contributed by atoms with E-state index < -0.39 is 0 Å². The van der Waals surface area contributed by atoms with Crippen molar-refractivity contribution in [2.45, 2.75) is 19.4 Å². The molecule has 33 heavy (non-hydrogen) atoms. The standard InChI is InChI=1S/C24H24N4O5/c29-23(17-11-13-27(14-12-17)21-9-3-4-10-22(21)28(31)32)26-20-8-2-1-7-19(20)24(30)25-16-18-6-5-15-33-18/h1-10,15,17H,11-14,16H2,(H,25,30)(H,26,29). The van der Waals surface area contributed by atoms with Gasteiger partial charge >= 0.3 is 0 Å². The Balaban J connectivity index is 1.37. The van der Waals surface area contributed by atoms with Gasteiger partial charge in [0, 0.05) is 25.1 Å². The molecular formula is C24H24N4O5. The minimum atomic E-state index is -0.387. The quantitative estimate of drug-likeness (QED) is 0.417. The Morgan fingerprint density at radius 1 is 1.03 bits per heavy atom. The summed E-state index contributed by atoms with van der Waals surface area (Å²) in [5.74, 6) is -0.0875. The van der Waals surface area contributed by atoms with Crippen LogP contribution in [0.4, 0.5) is 17.1 Å². The predicted octanol–water partition coefficient (Wildman–Crippen LogP) is 3.97. The number of para-hydroxylation sites is 3. The summed E-state index contributed by atoms with van der Waals surface area (Å²) in [6.45, 7) is 1.32. The minimum Gasteiger partial charge on any atom is -0.467 e. The van der Waals surface area contributed by atoms with Crippen molar-refractivity contribution in [3.63, 3.8) is 0 Å². The van der Waals surface area contributed by atoms with E-state index in [2.05, 4.69) is 10.6 Å². The second-order valence-corrected chi connectivity index (χ2v) is 7.80. The Kier molecular flexibility index (Phi) is 6.68. The number of anilines is 2. The number of nitro benzene ring substituents is 1. The lowest BCUT2D eigenvalue weighted by atomic mass is 9.95. The number of hydrogen-bond acceptors (Lipinski definition) is 6. The highest BCUT2D eigenvalue weighted by atomic mass is 16.6. The number of amides is 2. The van der Waals surface area contributed by atoms with E-state index in [1.54, 1.807) is 54.6 Å². The summed E-state index contributed by atoms with van der Waals surface area (Å²) in [6, 6.07) is 17.0. The number of carbonyl (C=O) groups excluding carboxylic acids is 2. The lowest BCUT2D eigenvalue weighted by Gasteiger charge is -2.32. The van der Waals surface area contributed by atoms with E-state index >= 15 is 0 Å². The van der Waals surface area contributed by atoms with Crippen LogP contribution in [-0.4, -0.2) is 29.8 Å². The minimum absolute atomic E-state index is 0.0647.